The molecule has 1 nitrogen and oxygen atoms in total. The molecule has 1 heteroatoms. The van der Waals surface area contributed by atoms with Crippen LogP contribution in [0.2, 0.25) is 0 Å². The van der Waals surface area contributed by atoms with Crippen molar-refractivity contribution in [3.05, 3.63) is 42.0 Å². The average Bonchev–Trinajstić information content (AvgIpc) is 2.23. The van der Waals surface area contributed by atoms with E-state index in [4.69, 9.17) is 4.74 Å². The Morgan fingerprint density at radius 1 is 1.12 bits per heavy atom. The maximum absolute atomic E-state index is 5.54. The summed E-state index contributed by atoms with van der Waals surface area (Å²) in [4.78, 5) is 0. The van der Waals surface area contributed by atoms with Crippen LogP contribution < -0.4 is 0 Å². The molecule has 88 valence electrons. The minimum atomic E-state index is 0.364. The van der Waals surface area contributed by atoms with E-state index in [0.29, 0.717) is 12.0 Å². The third kappa shape index (κ3) is 6.41. The first kappa shape index (κ1) is 13.0. The van der Waals surface area contributed by atoms with Crippen LogP contribution in [0.5, 0.6) is 0 Å². The number of benzene rings is 1. The molecule has 0 saturated heterocycles. The van der Waals surface area contributed by atoms with Crippen LogP contribution in [0, 0.1) is 5.41 Å². The van der Waals surface area contributed by atoms with Gasteiger partial charge in [0.15, 0.2) is 0 Å². The zero-order valence-corrected chi connectivity index (χ0v) is 10.6. The van der Waals surface area contributed by atoms with Crippen LogP contribution in [0.4, 0.5) is 0 Å². The molecule has 0 saturated carbocycles. The molecule has 0 aliphatic rings. The van der Waals surface area contributed by atoms with Gasteiger partial charge in [0.2, 0.25) is 0 Å². The Kier molecular flexibility index (Phi) is 5.27. The summed E-state index contributed by atoms with van der Waals surface area (Å²) in [5, 5.41) is 0. The van der Waals surface area contributed by atoms with Crippen molar-refractivity contribution in [1.29, 1.82) is 0 Å². The van der Waals surface area contributed by atoms with Gasteiger partial charge in [-0.3, -0.25) is 0 Å². The van der Waals surface area contributed by atoms with Gasteiger partial charge in [0.05, 0.1) is 6.61 Å². The molecule has 0 N–H and O–H groups in total. The molecular formula is C15H22O. The second kappa shape index (κ2) is 6.49. The van der Waals surface area contributed by atoms with E-state index in [0.717, 1.165) is 13.0 Å². The molecule has 0 aromatic heterocycles. The molecule has 1 rings (SSSR count). The topological polar surface area (TPSA) is 9.23 Å². The number of hydrogen-bond acceptors (Lipinski definition) is 1. The zero-order valence-electron chi connectivity index (χ0n) is 10.6. The quantitative estimate of drug-likeness (QED) is 0.674. The van der Waals surface area contributed by atoms with Crippen molar-refractivity contribution in [2.45, 2.75) is 27.2 Å². The fourth-order valence-electron chi connectivity index (χ4n) is 1.28. The number of ether oxygens (including phenoxy) is 1. The third-order valence-electron chi connectivity index (χ3n) is 2.32. The summed E-state index contributed by atoms with van der Waals surface area (Å²) in [6.07, 6.45) is 5.27. The van der Waals surface area contributed by atoms with Crippen LogP contribution >= 0.6 is 0 Å². The second-order valence-corrected chi connectivity index (χ2v) is 5.20. The standard InChI is InChI=1S/C15H22O/c1-15(2,3)11-13-16-12-7-10-14-8-5-4-6-9-14/h4-10H,11-13H2,1-3H3/b10-7+. The molecule has 0 fully saturated rings. The van der Waals surface area contributed by atoms with Crippen LogP contribution in [0.1, 0.15) is 32.8 Å². The van der Waals surface area contributed by atoms with Gasteiger partial charge in [0.25, 0.3) is 0 Å². The first-order chi connectivity index (χ1) is 7.58. The SMILES string of the molecule is CC(C)(C)CCOC/C=C/c1ccccc1. The van der Waals surface area contributed by atoms with Crippen molar-refractivity contribution in [3.8, 4) is 0 Å². The van der Waals surface area contributed by atoms with Crippen LogP contribution in [-0.4, -0.2) is 13.2 Å². The van der Waals surface area contributed by atoms with Crippen molar-refractivity contribution in [3.63, 3.8) is 0 Å². The van der Waals surface area contributed by atoms with Gasteiger partial charge in [-0.15, -0.1) is 0 Å². The van der Waals surface area contributed by atoms with Gasteiger partial charge >= 0.3 is 0 Å². The van der Waals surface area contributed by atoms with Crippen molar-refractivity contribution in [2.75, 3.05) is 13.2 Å². The summed E-state index contributed by atoms with van der Waals surface area (Å²) in [5.41, 5.74) is 1.59. The molecule has 0 spiro atoms. The Hall–Kier alpha value is -1.08. The fourth-order valence-corrected chi connectivity index (χ4v) is 1.28. The van der Waals surface area contributed by atoms with E-state index >= 15 is 0 Å². The lowest BCUT2D eigenvalue weighted by atomic mass is 9.93. The molecule has 0 atom stereocenters. The summed E-state index contributed by atoms with van der Waals surface area (Å²) in [6, 6.07) is 10.3. The predicted molar refractivity (Wildman–Crippen MR) is 70.4 cm³/mol. The number of rotatable bonds is 5. The lowest BCUT2D eigenvalue weighted by Gasteiger charge is -2.17. The van der Waals surface area contributed by atoms with Crippen molar-refractivity contribution >= 4 is 6.08 Å². The highest BCUT2D eigenvalue weighted by molar-refractivity contribution is 5.48. The Morgan fingerprint density at radius 2 is 1.81 bits per heavy atom. The van der Waals surface area contributed by atoms with Crippen LogP contribution in [0.25, 0.3) is 6.08 Å². The van der Waals surface area contributed by atoms with Gasteiger partial charge in [0, 0.05) is 6.61 Å². The van der Waals surface area contributed by atoms with E-state index in [1.807, 2.05) is 18.2 Å². The molecular weight excluding hydrogens is 196 g/mol. The Morgan fingerprint density at radius 3 is 2.44 bits per heavy atom. The van der Waals surface area contributed by atoms with Gasteiger partial charge < -0.3 is 4.74 Å². The minimum absolute atomic E-state index is 0.364. The predicted octanol–water partition coefficient (Wildman–Crippen LogP) is 4.15. The van der Waals surface area contributed by atoms with Crippen molar-refractivity contribution in [1.82, 2.24) is 0 Å². The van der Waals surface area contributed by atoms with E-state index in [1.165, 1.54) is 5.56 Å². The Balaban J connectivity index is 2.14. The lowest BCUT2D eigenvalue weighted by Crippen LogP contribution is -2.09. The van der Waals surface area contributed by atoms with E-state index in [1.54, 1.807) is 0 Å². The summed E-state index contributed by atoms with van der Waals surface area (Å²) in [6.45, 7) is 8.23. The second-order valence-electron chi connectivity index (χ2n) is 5.20. The maximum Gasteiger partial charge on any atom is 0.0650 e. The minimum Gasteiger partial charge on any atom is -0.377 e. The molecule has 0 aliphatic heterocycles. The van der Waals surface area contributed by atoms with Crippen LogP contribution in [0.3, 0.4) is 0 Å². The van der Waals surface area contributed by atoms with Crippen LogP contribution in [-0.2, 0) is 4.74 Å². The fraction of sp³-hybridized carbons (Fsp3) is 0.467. The molecule has 0 radical (unpaired) electrons. The van der Waals surface area contributed by atoms with Gasteiger partial charge in [-0.05, 0) is 17.4 Å². The smallest absolute Gasteiger partial charge is 0.0650 e. The highest BCUT2D eigenvalue weighted by atomic mass is 16.5. The highest BCUT2D eigenvalue weighted by Crippen LogP contribution is 2.17. The summed E-state index contributed by atoms with van der Waals surface area (Å²) >= 11 is 0. The molecule has 0 aliphatic carbocycles. The number of hydrogen-bond donors (Lipinski definition) is 0. The maximum atomic E-state index is 5.54. The molecule has 1 aromatic carbocycles. The zero-order chi connectivity index (χ0) is 11.9. The first-order valence-corrected chi connectivity index (χ1v) is 5.87. The van der Waals surface area contributed by atoms with Gasteiger partial charge in [-0.25, -0.2) is 0 Å². The normalized spacial score (nSPS) is 12.2. The van der Waals surface area contributed by atoms with Crippen molar-refractivity contribution < 1.29 is 4.74 Å². The first-order valence-electron chi connectivity index (χ1n) is 5.87. The highest BCUT2D eigenvalue weighted by Gasteiger charge is 2.08. The van der Waals surface area contributed by atoms with Gasteiger partial charge in [-0.1, -0.05) is 63.3 Å². The van der Waals surface area contributed by atoms with E-state index < -0.39 is 0 Å². The average molecular weight is 218 g/mol. The molecule has 0 heterocycles. The summed E-state index contributed by atoms with van der Waals surface area (Å²) in [5.74, 6) is 0. The van der Waals surface area contributed by atoms with Gasteiger partial charge in [0.1, 0.15) is 0 Å². The molecule has 0 amide bonds. The Labute approximate surface area is 99.1 Å². The lowest BCUT2D eigenvalue weighted by molar-refractivity contribution is 0.131. The monoisotopic (exact) mass is 218 g/mol. The third-order valence-corrected chi connectivity index (χ3v) is 2.32. The van der Waals surface area contributed by atoms with E-state index in [2.05, 4.69) is 45.1 Å². The molecule has 0 bridgehead atoms. The largest absolute Gasteiger partial charge is 0.377 e. The van der Waals surface area contributed by atoms with E-state index in [9.17, 15) is 0 Å². The molecule has 0 unspecified atom stereocenters. The van der Waals surface area contributed by atoms with Crippen molar-refractivity contribution in [2.24, 2.45) is 5.41 Å². The Bertz CT molecular complexity index is 306. The summed E-state index contributed by atoms with van der Waals surface area (Å²) < 4.78 is 5.54. The summed E-state index contributed by atoms with van der Waals surface area (Å²) in [7, 11) is 0. The van der Waals surface area contributed by atoms with Crippen LogP contribution in [0.15, 0.2) is 36.4 Å². The molecule has 16 heavy (non-hydrogen) atoms. The van der Waals surface area contributed by atoms with E-state index in [-0.39, 0.29) is 0 Å². The van der Waals surface area contributed by atoms with Gasteiger partial charge in [-0.2, -0.15) is 0 Å². The molecule has 1 aromatic rings.